The van der Waals surface area contributed by atoms with Crippen molar-refractivity contribution in [2.75, 3.05) is 0 Å². The average Bonchev–Trinajstić information content (AvgIpc) is 3.87. The number of fused-ring (bicyclic) bond motifs is 1. The number of hydrogen-bond acceptors (Lipinski definition) is 5. The first-order chi connectivity index (χ1) is 22.8. The molecular weight excluding hydrogens is 658 g/mol. The molecule has 9 nitrogen and oxygen atoms in total. The van der Waals surface area contributed by atoms with E-state index in [2.05, 4.69) is 26.2 Å². The van der Waals surface area contributed by atoms with Crippen LogP contribution in [0.1, 0.15) is 57.4 Å². The van der Waals surface area contributed by atoms with Gasteiger partial charge in [-0.2, -0.15) is 0 Å². The zero-order valence-electron chi connectivity index (χ0n) is 26.2. The number of amides is 2. The van der Waals surface area contributed by atoms with Crippen LogP contribution in [0.4, 0.5) is 0 Å². The summed E-state index contributed by atoms with van der Waals surface area (Å²) in [7, 11) is 0. The van der Waals surface area contributed by atoms with Crippen LogP contribution in [0.2, 0.25) is 0 Å². The van der Waals surface area contributed by atoms with Crippen molar-refractivity contribution in [3.63, 3.8) is 0 Å². The van der Waals surface area contributed by atoms with Gasteiger partial charge in [0.25, 0.3) is 11.8 Å². The van der Waals surface area contributed by atoms with E-state index in [4.69, 9.17) is 4.74 Å². The lowest BCUT2D eigenvalue weighted by Gasteiger charge is -2.34. The van der Waals surface area contributed by atoms with E-state index >= 15 is 0 Å². The molecule has 0 unspecified atom stereocenters. The fraction of sp³-hybridized carbons (Fsp3) is 0.243. The Morgan fingerprint density at radius 3 is 2.49 bits per heavy atom. The first kappa shape index (κ1) is 30.7. The number of halogens is 1. The molecule has 2 aliphatic rings. The van der Waals surface area contributed by atoms with Crippen molar-refractivity contribution in [2.24, 2.45) is 0 Å². The number of aromatic nitrogens is 3. The highest BCUT2D eigenvalue weighted by molar-refractivity contribution is 9.10. The van der Waals surface area contributed by atoms with Gasteiger partial charge < -0.3 is 15.0 Å². The van der Waals surface area contributed by atoms with Gasteiger partial charge in [-0.05, 0) is 92.4 Å². The number of rotatable bonds is 8. The van der Waals surface area contributed by atoms with Crippen molar-refractivity contribution in [2.45, 2.75) is 58.5 Å². The van der Waals surface area contributed by atoms with E-state index in [9.17, 15) is 14.4 Å². The second-order valence-electron chi connectivity index (χ2n) is 12.1. The number of nitrogens with zero attached hydrogens (tertiary/aromatic N) is 4. The van der Waals surface area contributed by atoms with Gasteiger partial charge in [0, 0.05) is 40.9 Å². The smallest absolute Gasteiger partial charge is 0.333 e. The molecule has 1 atom stereocenters. The van der Waals surface area contributed by atoms with E-state index in [0.717, 1.165) is 45.4 Å². The largest absolute Gasteiger partial charge is 0.490 e. The van der Waals surface area contributed by atoms with Crippen LogP contribution in [0.25, 0.3) is 16.9 Å². The first-order valence-electron chi connectivity index (χ1n) is 15.7. The van der Waals surface area contributed by atoms with Gasteiger partial charge in [-0.15, -0.1) is 0 Å². The number of hydrogen-bond donors (Lipinski definition) is 1. The molecule has 1 aliphatic heterocycles. The molecule has 2 amide bonds. The number of ether oxygens (including phenoxy) is 1. The number of nitrogens with one attached hydrogen (secondary N) is 1. The zero-order chi connectivity index (χ0) is 32.7. The minimum atomic E-state index is -0.411. The maximum Gasteiger partial charge on any atom is 0.333 e. The van der Waals surface area contributed by atoms with Crippen molar-refractivity contribution >= 4 is 27.7 Å². The summed E-state index contributed by atoms with van der Waals surface area (Å²) < 4.78 is 9.94. The Hall–Kier alpha value is -4.96. The van der Waals surface area contributed by atoms with Gasteiger partial charge >= 0.3 is 5.69 Å². The number of carbonyl (C=O) groups excluding carboxylic acids is 2. The van der Waals surface area contributed by atoms with Gasteiger partial charge in [-0.25, -0.2) is 4.79 Å². The fourth-order valence-corrected chi connectivity index (χ4v) is 6.31. The van der Waals surface area contributed by atoms with E-state index in [1.165, 1.54) is 4.57 Å². The Labute approximate surface area is 281 Å². The number of imidazole rings is 1. The molecular formula is C37H34BrN5O4. The molecule has 2 aromatic heterocycles. The Balaban J connectivity index is 1.26. The van der Waals surface area contributed by atoms with Gasteiger partial charge in [0.1, 0.15) is 11.4 Å². The number of pyridine rings is 1. The van der Waals surface area contributed by atoms with E-state index in [-0.39, 0.29) is 49.1 Å². The molecule has 1 saturated carbocycles. The van der Waals surface area contributed by atoms with Crippen LogP contribution in [0.15, 0.2) is 100 Å². The summed E-state index contributed by atoms with van der Waals surface area (Å²) in [6.45, 7) is 4.44. The molecule has 5 aromatic rings. The molecule has 0 saturated heterocycles. The van der Waals surface area contributed by atoms with Crippen molar-refractivity contribution < 1.29 is 14.3 Å². The number of aryl methyl sites for hydroxylation is 1. The van der Waals surface area contributed by atoms with Gasteiger partial charge in [-0.1, -0.05) is 46.3 Å². The quantitative estimate of drug-likeness (QED) is 0.206. The van der Waals surface area contributed by atoms with Gasteiger partial charge in [0.05, 0.1) is 29.7 Å². The first-order valence-corrected chi connectivity index (χ1v) is 16.5. The van der Waals surface area contributed by atoms with Crippen LogP contribution in [-0.4, -0.2) is 43.0 Å². The van der Waals surface area contributed by atoms with E-state index in [0.29, 0.717) is 16.9 Å². The van der Waals surface area contributed by atoms with Crippen molar-refractivity contribution in [3.05, 3.63) is 134 Å². The van der Waals surface area contributed by atoms with Crippen LogP contribution in [0.5, 0.6) is 5.75 Å². The molecule has 0 bridgehead atoms. The van der Waals surface area contributed by atoms with E-state index in [1.54, 1.807) is 33.9 Å². The molecule has 10 heteroatoms. The fourth-order valence-electron chi connectivity index (χ4n) is 6.06. The Kier molecular flexibility index (Phi) is 8.28. The summed E-state index contributed by atoms with van der Waals surface area (Å²) >= 11 is 3.51. The molecule has 3 aromatic carbocycles. The van der Waals surface area contributed by atoms with Crippen molar-refractivity contribution in [1.82, 2.24) is 24.3 Å². The van der Waals surface area contributed by atoms with Crippen molar-refractivity contribution in [1.29, 1.82) is 0 Å². The Bertz CT molecular complexity index is 2030. The summed E-state index contributed by atoms with van der Waals surface area (Å²) in [6.07, 6.45) is 4.05. The normalized spacial score (nSPS) is 15.6. The van der Waals surface area contributed by atoms with Crippen LogP contribution >= 0.6 is 15.9 Å². The molecule has 7 rings (SSSR count). The summed E-state index contributed by atoms with van der Waals surface area (Å²) in [6, 6.07) is 26.0. The predicted octanol–water partition coefficient (Wildman–Crippen LogP) is 6.29. The lowest BCUT2D eigenvalue weighted by Crippen LogP contribution is -2.47. The van der Waals surface area contributed by atoms with Gasteiger partial charge in [-0.3, -0.25) is 23.7 Å². The second-order valence-corrected chi connectivity index (χ2v) is 13.0. The highest BCUT2D eigenvalue weighted by Crippen LogP contribution is 2.29. The minimum Gasteiger partial charge on any atom is -0.490 e. The molecule has 1 aliphatic carbocycles. The standard InChI is InChI=1S/C37H34BrN5O4/c1-23-19-25(10-17-31(23)38)36(45)41-22-33-34(35(44)40-20-26-7-3-4-8-30(26)32-9-5-6-18-39-32)43(37(46)42(33)21-24(41)2)27-11-13-28(14-12-27)47-29-15-16-29/h3-14,17-19,24,29H,15-16,20-22H2,1-2H3,(H,40,44)/t24-/m1/s1. The van der Waals surface area contributed by atoms with Crippen molar-refractivity contribution in [3.8, 4) is 22.7 Å². The summed E-state index contributed by atoms with van der Waals surface area (Å²) in [5, 5.41) is 3.07. The van der Waals surface area contributed by atoms with Gasteiger partial charge in [0.15, 0.2) is 0 Å². The third-order valence-corrected chi connectivity index (χ3v) is 9.63. The zero-order valence-corrected chi connectivity index (χ0v) is 27.7. The summed E-state index contributed by atoms with van der Waals surface area (Å²) in [5.74, 6) is 0.156. The maximum absolute atomic E-state index is 14.2. The molecule has 0 spiro atoms. The lowest BCUT2D eigenvalue weighted by atomic mass is 10.0. The number of carbonyl (C=O) groups is 2. The number of benzene rings is 3. The Morgan fingerprint density at radius 1 is 1.00 bits per heavy atom. The molecule has 1 N–H and O–H groups in total. The van der Waals surface area contributed by atoms with Crippen LogP contribution in [0.3, 0.4) is 0 Å². The highest BCUT2D eigenvalue weighted by Gasteiger charge is 2.35. The highest BCUT2D eigenvalue weighted by atomic mass is 79.9. The van der Waals surface area contributed by atoms with Crippen LogP contribution < -0.4 is 15.7 Å². The summed E-state index contributed by atoms with van der Waals surface area (Å²) in [4.78, 5) is 48.4. The monoisotopic (exact) mass is 691 g/mol. The predicted molar refractivity (Wildman–Crippen MR) is 183 cm³/mol. The Morgan fingerprint density at radius 2 is 1.77 bits per heavy atom. The summed E-state index contributed by atoms with van der Waals surface area (Å²) in [5.41, 5.74) is 5.02. The van der Waals surface area contributed by atoms with Crippen LogP contribution in [-0.2, 0) is 19.6 Å². The topological polar surface area (TPSA) is 98.5 Å². The van der Waals surface area contributed by atoms with Crippen LogP contribution in [0, 0.1) is 6.92 Å². The van der Waals surface area contributed by atoms with Gasteiger partial charge in [0.2, 0.25) is 0 Å². The van der Waals surface area contributed by atoms with E-state index in [1.807, 2.05) is 80.6 Å². The SMILES string of the molecule is Cc1cc(C(=O)N2Cc3c(C(=O)NCc4ccccc4-c4ccccn4)n(-c4ccc(OC5CC5)cc4)c(=O)n3C[C@H]2C)ccc1Br. The van der Waals surface area contributed by atoms with E-state index < -0.39 is 5.91 Å². The third kappa shape index (κ3) is 6.13. The third-order valence-electron chi connectivity index (χ3n) is 8.74. The molecule has 0 radical (unpaired) electrons. The minimum absolute atomic E-state index is 0.105. The average molecular weight is 693 g/mol. The molecule has 3 heterocycles. The molecule has 47 heavy (non-hydrogen) atoms. The second kappa shape index (κ2) is 12.7. The molecule has 238 valence electrons. The lowest BCUT2D eigenvalue weighted by molar-refractivity contribution is 0.0610. The maximum atomic E-state index is 14.2. The molecule has 1 fully saturated rings.